The van der Waals surface area contributed by atoms with Crippen LogP contribution in [0.4, 0.5) is 0 Å². The van der Waals surface area contributed by atoms with Gasteiger partial charge in [0.25, 0.3) is 0 Å². The molecule has 0 aliphatic heterocycles. The minimum Gasteiger partial charge on any atom is -0.392 e. The average Bonchev–Trinajstić information content (AvgIpc) is 2.97. The zero-order valence-electron chi connectivity index (χ0n) is 31.0. The van der Waals surface area contributed by atoms with Gasteiger partial charge in [0.05, 0.1) is 6.61 Å². The average molecular weight is 621 g/mol. The van der Waals surface area contributed by atoms with E-state index in [0.29, 0.717) is 23.2 Å². The van der Waals surface area contributed by atoms with Gasteiger partial charge in [-0.15, -0.1) is 0 Å². The van der Waals surface area contributed by atoms with Crippen molar-refractivity contribution in [2.45, 2.75) is 102 Å². The van der Waals surface area contributed by atoms with Crippen molar-refractivity contribution in [1.82, 2.24) is 0 Å². The van der Waals surface area contributed by atoms with Crippen LogP contribution in [0, 0.1) is 28.6 Å². The van der Waals surface area contributed by atoms with Gasteiger partial charge in [0.1, 0.15) is 0 Å². The highest BCUT2D eigenvalue weighted by Crippen LogP contribution is 2.47. The van der Waals surface area contributed by atoms with E-state index in [4.69, 9.17) is 0 Å². The number of allylic oxidation sites excluding steroid dienone is 23. The summed E-state index contributed by atoms with van der Waals surface area (Å²) in [4.78, 5) is 0. The number of hydrogen-bond acceptors (Lipinski definition) is 1. The second kappa shape index (κ2) is 18.9. The molecule has 0 bridgehead atoms. The first-order chi connectivity index (χ1) is 21.7. The quantitative estimate of drug-likeness (QED) is 0.160. The summed E-state index contributed by atoms with van der Waals surface area (Å²) >= 11 is 0. The summed E-state index contributed by atoms with van der Waals surface area (Å²) in [6.07, 6.45) is 42.4. The van der Waals surface area contributed by atoms with E-state index >= 15 is 0 Å². The van der Waals surface area contributed by atoms with Crippen LogP contribution in [0.1, 0.15) is 102 Å². The van der Waals surface area contributed by atoms with Crippen molar-refractivity contribution in [3.05, 3.63) is 142 Å². The van der Waals surface area contributed by atoms with Gasteiger partial charge in [-0.1, -0.05) is 170 Å². The maximum atomic E-state index is 9.39. The zero-order chi connectivity index (χ0) is 34.3. The van der Waals surface area contributed by atoms with Crippen LogP contribution in [0.2, 0.25) is 0 Å². The van der Waals surface area contributed by atoms with Crippen LogP contribution in [0.15, 0.2) is 142 Å². The maximum absolute atomic E-state index is 9.39. The molecule has 0 spiro atoms. The molecule has 1 nitrogen and oxygen atoms in total. The van der Waals surface area contributed by atoms with Gasteiger partial charge in [0, 0.05) is 11.8 Å². The Morgan fingerprint density at radius 1 is 0.696 bits per heavy atom. The van der Waals surface area contributed by atoms with Gasteiger partial charge in [-0.2, -0.15) is 0 Å². The van der Waals surface area contributed by atoms with E-state index in [2.05, 4.69) is 173 Å². The Morgan fingerprint density at radius 2 is 1.17 bits per heavy atom. The van der Waals surface area contributed by atoms with Crippen LogP contribution in [0.5, 0.6) is 0 Å². The summed E-state index contributed by atoms with van der Waals surface area (Å²) in [5, 5.41) is 9.39. The summed E-state index contributed by atoms with van der Waals surface area (Å²) in [5.74, 6) is 1.51. The lowest BCUT2D eigenvalue weighted by atomic mass is 9.61. The Labute approximate surface area is 283 Å². The molecule has 1 N–H and O–H groups in total. The fourth-order valence-electron chi connectivity index (χ4n) is 6.63. The number of aliphatic hydroxyl groups is 1. The molecule has 2 aliphatic rings. The molecule has 0 amide bonds. The van der Waals surface area contributed by atoms with E-state index < -0.39 is 0 Å². The van der Waals surface area contributed by atoms with Gasteiger partial charge >= 0.3 is 0 Å². The second-order valence-corrected chi connectivity index (χ2v) is 15.0. The molecule has 0 heterocycles. The lowest BCUT2D eigenvalue weighted by molar-refractivity contribution is 0.154. The first-order valence-corrected chi connectivity index (χ1v) is 17.4. The maximum Gasteiger partial charge on any atom is 0.0639 e. The second-order valence-electron chi connectivity index (χ2n) is 15.0. The lowest BCUT2D eigenvalue weighted by Crippen LogP contribution is -2.35. The fourth-order valence-corrected chi connectivity index (χ4v) is 6.63. The van der Waals surface area contributed by atoms with Gasteiger partial charge in [-0.3, -0.25) is 0 Å². The van der Waals surface area contributed by atoms with Crippen molar-refractivity contribution in [3.63, 3.8) is 0 Å². The Bertz CT molecular complexity index is 1380. The number of aliphatic hydroxyl groups excluding tert-OH is 1. The van der Waals surface area contributed by atoms with Gasteiger partial charge in [0.2, 0.25) is 0 Å². The highest BCUT2D eigenvalue weighted by molar-refractivity contribution is 5.33. The van der Waals surface area contributed by atoms with Crippen LogP contribution in [-0.4, -0.2) is 11.7 Å². The molecule has 46 heavy (non-hydrogen) atoms. The molecule has 0 aromatic heterocycles. The highest BCUT2D eigenvalue weighted by atomic mass is 16.3. The van der Waals surface area contributed by atoms with E-state index in [1.165, 1.54) is 46.3 Å². The molecule has 2 aliphatic carbocycles. The Kier molecular flexibility index (Phi) is 16.0. The van der Waals surface area contributed by atoms with E-state index in [0.717, 1.165) is 18.4 Å². The molecule has 3 unspecified atom stereocenters. The molecule has 1 heteroatoms. The Balaban J connectivity index is 1.92. The van der Waals surface area contributed by atoms with Gasteiger partial charge in [-0.05, 0) is 90.9 Å². The molecular formula is C45H64O. The van der Waals surface area contributed by atoms with Crippen molar-refractivity contribution >= 4 is 0 Å². The van der Waals surface area contributed by atoms with Gasteiger partial charge in [-0.25, -0.2) is 0 Å². The first-order valence-electron chi connectivity index (χ1n) is 17.4. The molecule has 0 fully saturated rings. The van der Waals surface area contributed by atoms with E-state index in [-0.39, 0.29) is 12.0 Å². The topological polar surface area (TPSA) is 20.2 Å². The van der Waals surface area contributed by atoms with Crippen LogP contribution < -0.4 is 0 Å². The van der Waals surface area contributed by atoms with Crippen molar-refractivity contribution in [1.29, 1.82) is 0 Å². The molecule has 3 atom stereocenters. The molecule has 0 saturated carbocycles. The molecule has 2 rings (SSSR count). The Hall–Kier alpha value is -3.16. The third kappa shape index (κ3) is 12.9. The van der Waals surface area contributed by atoms with Crippen molar-refractivity contribution in [2.75, 3.05) is 6.61 Å². The van der Waals surface area contributed by atoms with Gasteiger partial charge in [0.15, 0.2) is 0 Å². The Morgan fingerprint density at radius 3 is 1.70 bits per heavy atom. The SMILES string of the molecule is CC1=CCCC(C)(C)C1/C=C/C(C)=C/C=C/C(C)=C/C=C/C=C(C)/C=C/C=C(C)/C=C/C1C(C)=CCC(C/C=C(\C)CO)C1(C)C. The molecule has 0 radical (unpaired) electrons. The molecule has 250 valence electrons. The minimum absolute atomic E-state index is 0.149. The first kappa shape index (κ1) is 39.0. The van der Waals surface area contributed by atoms with E-state index in [1.807, 2.05) is 6.92 Å². The molecule has 0 aromatic carbocycles. The van der Waals surface area contributed by atoms with E-state index in [1.54, 1.807) is 0 Å². The third-order valence-corrected chi connectivity index (χ3v) is 10.0. The zero-order valence-corrected chi connectivity index (χ0v) is 31.0. The largest absolute Gasteiger partial charge is 0.392 e. The van der Waals surface area contributed by atoms with Crippen molar-refractivity contribution in [3.8, 4) is 0 Å². The van der Waals surface area contributed by atoms with E-state index in [9.17, 15) is 5.11 Å². The minimum atomic E-state index is 0.149. The summed E-state index contributed by atoms with van der Waals surface area (Å²) < 4.78 is 0. The molecule has 0 saturated heterocycles. The standard InChI is InChI=1S/C45H64O/c1-34(19-14-21-36(3)25-30-42-39(6)23-16-32-44(42,8)9)17-12-13-18-35(2)20-15-22-37(4)26-31-43-40(7)27-29-41(45(43,10)11)28-24-38(5)33-46/h12-15,17-27,30-31,41-43,46H,16,28-29,32-33H2,1-11H3/b13-12+,19-14+,20-15+,30-25+,31-26+,34-17+,35-18+,36-21+,37-22+,38-24+. The fraction of sp³-hybridized carbons (Fsp3) is 0.467. The summed E-state index contributed by atoms with van der Waals surface area (Å²) in [7, 11) is 0. The van der Waals surface area contributed by atoms with Crippen molar-refractivity contribution < 1.29 is 5.11 Å². The van der Waals surface area contributed by atoms with Gasteiger partial charge < -0.3 is 5.11 Å². The smallest absolute Gasteiger partial charge is 0.0639 e. The van der Waals surface area contributed by atoms with Crippen molar-refractivity contribution in [2.24, 2.45) is 28.6 Å². The van der Waals surface area contributed by atoms with Crippen LogP contribution >= 0.6 is 0 Å². The number of hydrogen-bond donors (Lipinski definition) is 1. The summed E-state index contributed by atoms with van der Waals surface area (Å²) in [5.41, 5.74) is 9.48. The summed E-state index contributed by atoms with van der Waals surface area (Å²) in [6, 6.07) is 0. The van der Waals surface area contributed by atoms with Crippen LogP contribution in [0.3, 0.4) is 0 Å². The third-order valence-electron chi connectivity index (χ3n) is 10.0. The molecule has 0 aromatic rings. The predicted octanol–water partition coefficient (Wildman–Crippen LogP) is 12.9. The molecular weight excluding hydrogens is 556 g/mol. The normalized spacial score (nSPS) is 25.5. The lowest BCUT2D eigenvalue weighted by Gasteiger charge is -2.43. The predicted molar refractivity (Wildman–Crippen MR) is 206 cm³/mol. The van der Waals surface area contributed by atoms with Crippen LogP contribution in [0.25, 0.3) is 0 Å². The number of rotatable bonds is 13. The van der Waals surface area contributed by atoms with Crippen LogP contribution in [-0.2, 0) is 0 Å². The summed E-state index contributed by atoms with van der Waals surface area (Å²) in [6.45, 7) is 24.9. The highest BCUT2D eigenvalue weighted by Gasteiger charge is 2.38. The monoisotopic (exact) mass is 620 g/mol.